The molecule has 0 spiro atoms. The third kappa shape index (κ3) is 4.58. The Morgan fingerprint density at radius 3 is 1.19 bits per heavy atom. The van der Waals surface area contributed by atoms with E-state index in [0.717, 1.165) is 26.0 Å². The van der Waals surface area contributed by atoms with Crippen molar-refractivity contribution in [1.29, 1.82) is 0 Å². The summed E-state index contributed by atoms with van der Waals surface area (Å²) in [6.07, 6.45) is 0. The van der Waals surface area contributed by atoms with E-state index in [0.29, 0.717) is 12.1 Å². The summed E-state index contributed by atoms with van der Waals surface area (Å²) in [6, 6.07) is 2.84. The van der Waals surface area contributed by atoms with Crippen LogP contribution in [0.25, 0.3) is 0 Å². The molecular weight excluding hydrogens is 436 g/mol. The molecule has 0 unspecified atom stereocenters. The van der Waals surface area contributed by atoms with Gasteiger partial charge in [0.05, 0.1) is 43.0 Å². The number of hydrogen-bond donors (Lipinski definition) is 2. The zero-order chi connectivity index (χ0) is 24.3. The second-order valence-electron chi connectivity index (χ2n) is 6.21. The van der Waals surface area contributed by atoms with E-state index in [1.165, 1.54) is 0 Å². The number of benzene rings is 2. The predicted octanol–water partition coefficient (Wildman–Crippen LogP) is 2.01. The molecule has 32 heavy (non-hydrogen) atoms. The number of carbonyl (C=O) groups excluding carboxylic acids is 2. The first kappa shape index (κ1) is 23.3. The lowest BCUT2D eigenvalue weighted by atomic mass is 10.0. The van der Waals surface area contributed by atoms with Crippen LogP contribution in [0.15, 0.2) is 24.3 Å². The minimum Gasteiger partial charge on any atom is -0.267 e. The number of rotatable bonds is 6. The van der Waals surface area contributed by atoms with Gasteiger partial charge in [-0.1, -0.05) is 0 Å². The molecule has 16 nitrogen and oxygen atoms in total. The molecule has 0 fully saturated rings. The lowest BCUT2D eigenvalue weighted by Gasteiger charge is -2.11. The van der Waals surface area contributed by atoms with Crippen LogP contribution in [0.5, 0.6) is 0 Å². The van der Waals surface area contributed by atoms with Crippen molar-refractivity contribution in [3.05, 3.63) is 87.0 Å². The van der Waals surface area contributed by atoms with Crippen molar-refractivity contribution in [2.75, 3.05) is 0 Å². The fourth-order valence-corrected chi connectivity index (χ4v) is 2.68. The van der Waals surface area contributed by atoms with Gasteiger partial charge in [0.15, 0.2) is 0 Å². The smallest absolute Gasteiger partial charge is 0.267 e. The minimum atomic E-state index is -1.17. The lowest BCUT2D eigenvalue weighted by molar-refractivity contribution is -0.394. The first-order valence-electron chi connectivity index (χ1n) is 8.32. The van der Waals surface area contributed by atoms with Gasteiger partial charge in [0.2, 0.25) is 0 Å². The molecule has 0 aliphatic rings. The topological polar surface area (TPSA) is 231 Å². The van der Waals surface area contributed by atoms with E-state index in [1.54, 1.807) is 0 Å². The molecule has 2 N–H and O–H groups in total. The van der Waals surface area contributed by atoms with Gasteiger partial charge in [-0.2, -0.15) is 0 Å². The zero-order valence-electron chi connectivity index (χ0n) is 16.2. The number of hydrazine groups is 1. The molecule has 0 aliphatic heterocycles. The van der Waals surface area contributed by atoms with Gasteiger partial charge in [-0.05, 0) is 13.8 Å². The molecular formula is C16H12N6O10. The van der Waals surface area contributed by atoms with Crippen LogP contribution in [0.1, 0.15) is 31.8 Å². The van der Waals surface area contributed by atoms with Crippen molar-refractivity contribution in [2.24, 2.45) is 0 Å². The highest BCUT2D eigenvalue weighted by Crippen LogP contribution is 2.29. The third-order valence-corrected chi connectivity index (χ3v) is 4.32. The van der Waals surface area contributed by atoms with Gasteiger partial charge in [0.1, 0.15) is 0 Å². The molecule has 0 aromatic heterocycles. The quantitative estimate of drug-likeness (QED) is 0.482. The van der Waals surface area contributed by atoms with E-state index in [9.17, 15) is 50.0 Å². The molecule has 2 amide bonds. The van der Waals surface area contributed by atoms with Crippen LogP contribution in [0.3, 0.4) is 0 Å². The van der Waals surface area contributed by atoms with Gasteiger partial charge in [-0.25, -0.2) is 0 Å². The van der Waals surface area contributed by atoms with Crippen LogP contribution in [0.4, 0.5) is 22.7 Å². The van der Waals surface area contributed by atoms with Gasteiger partial charge in [0.25, 0.3) is 34.6 Å². The van der Waals surface area contributed by atoms with E-state index in [2.05, 4.69) is 0 Å². The Hall–Kier alpha value is -5.02. The van der Waals surface area contributed by atoms with Gasteiger partial charge in [-0.15, -0.1) is 0 Å². The van der Waals surface area contributed by atoms with E-state index in [-0.39, 0.29) is 11.1 Å². The lowest BCUT2D eigenvalue weighted by Crippen LogP contribution is -2.42. The van der Waals surface area contributed by atoms with Crippen LogP contribution in [0.2, 0.25) is 0 Å². The average Bonchev–Trinajstić information content (AvgIpc) is 2.71. The number of nitrogens with zero attached hydrogens (tertiary/aromatic N) is 4. The molecule has 0 aliphatic carbocycles. The van der Waals surface area contributed by atoms with Crippen LogP contribution >= 0.6 is 0 Å². The van der Waals surface area contributed by atoms with Crippen molar-refractivity contribution in [3.63, 3.8) is 0 Å². The Bertz CT molecular complexity index is 1110. The molecule has 0 bridgehead atoms. The fraction of sp³-hybridized carbons (Fsp3) is 0.125. The Morgan fingerprint density at radius 2 is 0.938 bits per heavy atom. The van der Waals surface area contributed by atoms with E-state index >= 15 is 0 Å². The summed E-state index contributed by atoms with van der Waals surface area (Å²) in [5, 5.41) is 44.2. The van der Waals surface area contributed by atoms with Crippen LogP contribution in [-0.4, -0.2) is 31.5 Å². The second-order valence-corrected chi connectivity index (χ2v) is 6.21. The van der Waals surface area contributed by atoms with Crippen molar-refractivity contribution >= 4 is 34.6 Å². The molecule has 0 atom stereocenters. The summed E-state index contributed by atoms with van der Waals surface area (Å²) in [4.78, 5) is 65.2. The first-order valence-corrected chi connectivity index (χ1v) is 8.32. The number of nitro benzene ring substituents is 4. The number of non-ortho nitro benzene ring substituents is 2. The van der Waals surface area contributed by atoms with Crippen molar-refractivity contribution in [2.45, 2.75) is 13.8 Å². The van der Waals surface area contributed by atoms with Crippen LogP contribution < -0.4 is 10.9 Å². The number of hydrogen-bond acceptors (Lipinski definition) is 10. The number of amides is 2. The van der Waals surface area contributed by atoms with Crippen molar-refractivity contribution in [1.82, 2.24) is 10.9 Å². The standard InChI is InChI=1S/C16H12N6O10/c1-7-11(3-9(19(25)26)5-13(7)21(29)30)15(23)17-18-16(24)12-4-10(20(27)28)6-14(8(12)2)22(31)32/h3-6H,1-2H3,(H,17,23)(H,18,24). The molecule has 2 aromatic carbocycles. The molecule has 2 rings (SSSR count). The number of carbonyl (C=O) groups is 2. The Morgan fingerprint density at radius 1 is 0.625 bits per heavy atom. The molecule has 166 valence electrons. The molecule has 0 radical (unpaired) electrons. The monoisotopic (exact) mass is 448 g/mol. The summed E-state index contributed by atoms with van der Waals surface area (Å²) in [6.45, 7) is 2.32. The second kappa shape index (κ2) is 8.78. The van der Waals surface area contributed by atoms with E-state index in [1.807, 2.05) is 10.9 Å². The Balaban J connectivity index is 2.38. The van der Waals surface area contributed by atoms with Crippen molar-refractivity contribution in [3.8, 4) is 0 Å². The highest BCUT2D eigenvalue weighted by Gasteiger charge is 2.27. The van der Waals surface area contributed by atoms with Gasteiger partial charge >= 0.3 is 0 Å². The summed E-state index contributed by atoms with van der Waals surface area (Å²) in [5.41, 5.74) is -0.605. The highest BCUT2D eigenvalue weighted by atomic mass is 16.6. The predicted molar refractivity (Wildman–Crippen MR) is 104 cm³/mol. The van der Waals surface area contributed by atoms with Gasteiger partial charge in [-0.3, -0.25) is 60.9 Å². The first-order chi connectivity index (χ1) is 14.8. The molecule has 2 aromatic rings. The van der Waals surface area contributed by atoms with E-state index < -0.39 is 65.4 Å². The fourth-order valence-electron chi connectivity index (χ4n) is 2.68. The minimum absolute atomic E-state index is 0.227. The number of nitrogens with one attached hydrogen (secondary N) is 2. The summed E-state index contributed by atoms with van der Waals surface area (Å²) in [7, 11) is 0. The Kier molecular flexibility index (Phi) is 6.38. The molecule has 0 heterocycles. The maximum Gasteiger partial charge on any atom is 0.279 e. The maximum absolute atomic E-state index is 12.4. The van der Waals surface area contributed by atoms with Gasteiger partial charge in [0, 0.05) is 23.3 Å². The van der Waals surface area contributed by atoms with Crippen LogP contribution in [0, 0.1) is 54.3 Å². The summed E-state index contributed by atoms with van der Waals surface area (Å²) < 4.78 is 0. The highest BCUT2D eigenvalue weighted by molar-refractivity contribution is 6.02. The van der Waals surface area contributed by atoms with E-state index in [4.69, 9.17) is 0 Å². The Labute approximate surface area is 176 Å². The average molecular weight is 448 g/mol. The maximum atomic E-state index is 12.4. The zero-order valence-corrected chi connectivity index (χ0v) is 16.2. The largest absolute Gasteiger partial charge is 0.279 e. The molecule has 0 saturated heterocycles. The molecule has 16 heteroatoms. The summed E-state index contributed by atoms with van der Waals surface area (Å²) >= 11 is 0. The SMILES string of the molecule is Cc1c(C(=O)NNC(=O)c2cc([N+](=O)[O-])cc([N+](=O)[O-])c2C)cc([N+](=O)[O-])cc1[N+](=O)[O-]. The van der Waals surface area contributed by atoms with Gasteiger partial charge < -0.3 is 0 Å². The molecule has 0 saturated carbocycles. The number of nitro groups is 4. The normalized spacial score (nSPS) is 10.2. The van der Waals surface area contributed by atoms with Crippen molar-refractivity contribution < 1.29 is 29.3 Å². The van der Waals surface area contributed by atoms with Crippen LogP contribution in [-0.2, 0) is 0 Å². The summed E-state index contributed by atoms with van der Waals surface area (Å²) in [5.74, 6) is -2.33. The third-order valence-electron chi connectivity index (χ3n) is 4.32.